The van der Waals surface area contributed by atoms with Crippen molar-refractivity contribution >= 4 is 37.2 Å². The first-order valence-electron chi connectivity index (χ1n) is 16.5. The molecule has 1 amide bonds. The first kappa shape index (κ1) is 33.8. The first-order valence-corrected chi connectivity index (χ1v) is 18.2. The number of carbonyl (C=O) groups is 1. The number of halogens is 1. The number of aromatic nitrogens is 3. The molecule has 2 fully saturated rings. The van der Waals surface area contributed by atoms with Gasteiger partial charge in [0.05, 0.1) is 0 Å². The van der Waals surface area contributed by atoms with E-state index in [1.807, 2.05) is 70.1 Å². The lowest BCUT2D eigenvalue weighted by Crippen LogP contribution is -2.63. The number of carbonyl (C=O) groups excluding carboxylic acids is 1. The van der Waals surface area contributed by atoms with Gasteiger partial charge in [-0.2, -0.15) is 0 Å². The van der Waals surface area contributed by atoms with Gasteiger partial charge < -0.3 is 9.80 Å². The van der Waals surface area contributed by atoms with Gasteiger partial charge in [0.1, 0.15) is 12.1 Å². The number of fused-ring (bicyclic) bond motifs is 1. The Morgan fingerprint density at radius 3 is 2.60 bits per heavy atom. The number of aryl methyl sites for hydroxylation is 3. The van der Waals surface area contributed by atoms with Crippen LogP contribution in [0, 0.1) is 26.2 Å². The molecular weight excluding hydrogens is 599 g/mol. The van der Waals surface area contributed by atoms with Crippen molar-refractivity contribution in [3.63, 3.8) is 0 Å². The Morgan fingerprint density at radius 1 is 1.13 bits per heavy atom. The van der Waals surface area contributed by atoms with Crippen molar-refractivity contribution in [3.8, 4) is 0 Å². The highest BCUT2D eigenvalue weighted by Gasteiger charge is 2.52. The zero-order valence-electron chi connectivity index (χ0n) is 27.9. The summed E-state index contributed by atoms with van der Waals surface area (Å²) >= 11 is 5.90. The summed E-state index contributed by atoms with van der Waals surface area (Å²) in [6.45, 7) is 18.6. The smallest absolute Gasteiger partial charge is 0.254 e. The molecule has 1 atom stereocenters. The van der Waals surface area contributed by atoms with Crippen molar-refractivity contribution < 1.29 is 4.79 Å². The van der Waals surface area contributed by atoms with Gasteiger partial charge in [-0.1, -0.05) is 26.3 Å². The second-order valence-corrected chi connectivity index (χ2v) is 15.5. The maximum absolute atomic E-state index is 12.3. The van der Waals surface area contributed by atoms with E-state index in [0.717, 1.165) is 94.7 Å². The van der Waals surface area contributed by atoms with Crippen LogP contribution in [0.2, 0.25) is 0 Å². The van der Waals surface area contributed by atoms with Crippen LogP contribution in [0.3, 0.4) is 0 Å². The maximum Gasteiger partial charge on any atom is 0.254 e. The number of hydrogen-bond donors (Lipinski definition) is 0. The number of benzene rings is 1. The Labute approximate surface area is 277 Å². The van der Waals surface area contributed by atoms with E-state index < -0.39 is 0 Å². The number of anilines is 1. The molecule has 1 saturated carbocycles. The normalized spacial score (nSPS) is 17.6. The van der Waals surface area contributed by atoms with Crippen LogP contribution in [-0.4, -0.2) is 81.0 Å². The van der Waals surface area contributed by atoms with Crippen LogP contribution in [0.5, 0.6) is 0 Å². The minimum atomic E-state index is 0.138. The Kier molecular flexibility index (Phi) is 11.2. The molecular formula is C36H50ClN6OP. The van der Waals surface area contributed by atoms with Crippen LogP contribution in [0.4, 0.5) is 5.82 Å². The molecule has 3 aromatic rings. The summed E-state index contributed by atoms with van der Waals surface area (Å²) in [5, 5.41) is 1.56. The van der Waals surface area contributed by atoms with Gasteiger partial charge in [0.15, 0.2) is 0 Å². The second kappa shape index (κ2) is 14.9. The molecule has 9 heteroatoms. The topological polar surface area (TPSA) is 65.5 Å². The lowest BCUT2D eigenvalue weighted by atomic mass is 9.63. The van der Waals surface area contributed by atoms with Crippen molar-refractivity contribution in [2.24, 2.45) is 5.41 Å². The zero-order valence-corrected chi connectivity index (χ0v) is 29.7. The van der Waals surface area contributed by atoms with Crippen molar-refractivity contribution in [2.45, 2.75) is 85.5 Å². The van der Waals surface area contributed by atoms with E-state index in [1.165, 1.54) is 29.7 Å². The van der Waals surface area contributed by atoms with E-state index in [0.29, 0.717) is 5.41 Å². The average molecular weight is 649 g/mol. The third kappa shape index (κ3) is 7.86. The number of alkyl halides is 1. The molecule has 0 radical (unpaired) electrons. The quantitative estimate of drug-likeness (QED) is 0.200. The van der Waals surface area contributed by atoms with Gasteiger partial charge in [0.25, 0.3) is 5.91 Å². The van der Waals surface area contributed by atoms with Crippen molar-refractivity contribution in [1.82, 2.24) is 24.8 Å². The van der Waals surface area contributed by atoms with Crippen LogP contribution in [0.1, 0.15) is 78.3 Å². The summed E-state index contributed by atoms with van der Waals surface area (Å²) in [6, 6.07) is 8.56. The van der Waals surface area contributed by atoms with E-state index in [-0.39, 0.29) is 11.9 Å². The molecule has 2 aliphatic heterocycles. The van der Waals surface area contributed by atoms with Gasteiger partial charge in [-0.25, -0.2) is 9.97 Å². The standard InChI is InChI=1S/C22H29ClN5P.C14H21NO/c1-16-11-24-15-26-21(16)28-13-22(14-28)9-17(10-22)29-20-3-6-25-19-4-8-27(7-2-5-23)12-18(19)20;1-6-15(10(2)3)14(16)13-9-11(4)7-8-12(13)5/h3,6,11,15,17,29H,2,4-5,7-10,12-14H2,1H3;7-10H,6H2,1-5H3. The Hall–Kier alpha value is -2.60. The third-order valence-electron chi connectivity index (χ3n) is 9.59. The van der Waals surface area contributed by atoms with Gasteiger partial charge in [-0.05, 0) is 102 Å². The second-order valence-electron chi connectivity index (χ2n) is 13.5. The number of hydrogen-bond acceptors (Lipinski definition) is 6. The molecule has 4 heterocycles. The fraction of sp³-hybridized carbons (Fsp3) is 0.556. The van der Waals surface area contributed by atoms with E-state index >= 15 is 0 Å². The summed E-state index contributed by atoms with van der Waals surface area (Å²) in [6.07, 6.45) is 10.5. The van der Waals surface area contributed by atoms with Crippen LogP contribution in [0.25, 0.3) is 0 Å². The molecule has 6 rings (SSSR count). The molecule has 242 valence electrons. The molecule has 1 saturated heterocycles. The summed E-state index contributed by atoms with van der Waals surface area (Å²) in [5.41, 5.74) is 8.42. The van der Waals surface area contributed by atoms with Crippen molar-refractivity contribution in [1.29, 1.82) is 0 Å². The van der Waals surface area contributed by atoms with Gasteiger partial charge in [0.2, 0.25) is 0 Å². The Bertz CT molecular complexity index is 1470. The molecule has 1 unspecified atom stereocenters. The summed E-state index contributed by atoms with van der Waals surface area (Å²) < 4.78 is 0. The lowest BCUT2D eigenvalue weighted by molar-refractivity contribution is 0.0716. The largest absolute Gasteiger partial charge is 0.355 e. The zero-order chi connectivity index (χ0) is 32.1. The lowest BCUT2D eigenvalue weighted by Gasteiger charge is -2.59. The predicted octanol–water partition coefficient (Wildman–Crippen LogP) is 6.31. The van der Waals surface area contributed by atoms with Crippen LogP contribution in [0.15, 0.2) is 43.0 Å². The predicted molar refractivity (Wildman–Crippen MR) is 189 cm³/mol. The molecule has 1 aliphatic carbocycles. The molecule has 0 bridgehead atoms. The van der Waals surface area contributed by atoms with Crippen LogP contribution < -0.4 is 10.2 Å². The van der Waals surface area contributed by atoms with Gasteiger partial charge >= 0.3 is 0 Å². The fourth-order valence-electron chi connectivity index (χ4n) is 7.17. The minimum absolute atomic E-state index is 0.138. The maximum atomic E-state index is 12.3. The molecule has 7 nitrogen and oxygen atoms in total. The molecule has 1 aromatic carbocycles. The van der Waals surface area contributed by atoms with E-state index in [2.05, 4.69) is 37.7 Å². The average Bonchev–Trinajstić information content (AvgIpc) is 2.99. The molecule has 3 aliphatic rings. The molecule has 0 N–H and O–H groups in total. The van der Waals surface area contributed by atoms with Crippen molar-refractivity contribution in [3.05, 3.63) is 76.5 Å². The highest BCUT2D eigenvalue weighted by molar-refractivity contribution is 7.48. The number of pyridine rings is 1. The fourth-order valence-corrected chi connectivity index (χ4v) is 9.37. The molecule has 2 aromatic heterocycles. The molecule has 45 heavy (non-hydrogen) atoms. The van der Waals surface area contributed by atoms with Gasteiger partial charge in [0, 0.05) is 85.7 Å². The van der Waals surface area contributed by atoms with Gasteiger partial charge in [-0.3, -0.25) is 14.7 Å². The monoisotopic (exact) mass is 648 g/mol. The summed E-state index contributed by atoms with van der Waals surface area (Å²) in [5.74, 6) is 2.01. The number of amides is 1. The highest BCUT2D eigenvalue weighted by Crippen LogP contribution is 2.55. The Morgan fingerprint density at radius 2 is 1.91 bits per heavy atom. The third-order valence-corrected chi connectivity index (χ3v) is 11.4. The Balaban J connectivity index is 0.000000213. The summed E-state index contributed by atoms with van der Waals surface area (Å²) in [7, 11) is 0.919. The van der Waals surface area contributed by atoms with Crippen molar-refractivity contribution in [2.75, 3.05) is 43.5 Å². The highest BCUT2D eigenvalue weighted by atomic mass is 35.5. The minimum Gasteiger partial charge on any atom is -0.355 e. The number of rotatable bonds is 9. The number of nitrogens with zero attached hydrogens (tertiary/aromatic N) is 6. The van der Waals surface area contributed by atoms with E-state index in [1.54, 1.807) is 11.6 Å². The van der Waals surface area contributed by atoms with Gasteiger partial charge in [-0.15, -0.1) is 11.6 Å². The molecule has 1 spiro atoms. The van der Waals surface area contributed by atoms with Crippen LogP contribution >= 0.6 is 20.2 Å². The van der Waals surface area contributed by atoms with E-state index in [4.69, 9.17) is 11.6 Å². The van der Waals surface area contributed by atoms with E-state index in [9.17, 15) is 4.79 Å². The van der Waals surface area contributed by atoms with Crippen LogP contribution in [-0.2, 0) is 13.0 Å². The summed E-state index contributed by atoms with van der Waals surface area (Å²) in [4.78, 5) is 32.5. The first-order chi connectivity index (χ1) is 21.6. The SMILES string of the molecule is CCN(C(=O)c1cc(C)ccc1C)C(C)C.Cc1cncnc1N1CC2(CC(Pc3ccnc4c3CN(CCCCl)CC4)C2)C1.